The molecule has 13 heavy (non-hydrogen) atoms. The first-order valence-electron chi connectivity index (χ1n) is 4.78. The molecule has 1 saturated heterocycles. The van der Waals surface area contributed by atoms with Crippen molar-refractivity contribution < 1.29 is 4.52 Å². The highest BCUT2D eigenvalue weighted by molar-refractivity contribution is 5.07. The van der Waals surface area contributed by atoms with Gasteiger partial charge in [0.1, 0.15) is 0 Å². The largest absolute Gasteiger partial charge is 0.339 e. The third kappa shape index (κ3) is 1.46. The van der Waals surface area contributed by atoms with E-state index >= 15 is 0 Å². The topological polar surface area (TPSA) is 51.0 Å². The maximum Gasteiger partial charge on any atom is 0.233 e. The quantitative estimate of drug-likeness (QED) is 0.736. The molecular weight excluding hydrogens is 166 g/mol. The highest BCUT2D eigenvalue weighted by atomic mass is 16.5. The lowest BCUT2D eigenvalue weighted by atomic mass is 9.90. The molecule has 0 saturated carbocycles. The molecule has 0 amide bonds. The zero-order valence-corrected chi connectivity index (χ0v) is 8.13. The molecule has 72 valence electrons. The van der Waals surface area contributed by atoms with Crippen LogP contribution in [0.3, 0.4) is 0 Å². The van der Waals surface area contributed by atoms with Crippen LogP contribution in [-0.4, -0.2) is 23.2 Å². The van der Waals surface area contributed by atoms with Gasteiger partial charge in [-0.1, -0.05) is 12.1 Å². The van der Waals surface area contributed by atoms with Crippen molar-refractivity contribution >= 4 is 0 Å². The van der Waals surface area contributed by atoms with Crippen LogP contribution in [0.2, 0.25) is 0 Å². The predicted molar refractivity (Wildman–Crippen MR) is 48.5 cm³/mol. The van der Waals surface area contributed by atoms with Crippen LogP contribution < -0.4 is 5.32 Å². The molecule has 1 unspecified atom stereocenters. The van der Waals surface area contributed by atoms with Crippen LogP contribution in [0.1, 0.15) is 32.0 Å². The van der Waals surface area contributed by atoms with Crippen LogP contribution in [0.4, 0.5) is 0 Å². The second-order valence-electron chi connectivity index (χ2n) is 3.86. The van der Waals surface area contributed by atoms with Crippen molar-refractivity contribution in [3.05, 3.63) is 11.7 Å². The lowest BCUT2D eigenvalue weighted by Crippen LogP contribution is -2.25. The molecule has 1 aliphatic heterocycles. The average Bonchev–Trinajstić information content (AvgIpc) is 2.72. The Morgan fingerprint density at radius 3 is 3.00 bits per heavy atom. The SMILES string of the molecule is CCc1noc(C2(C)CCNC2)n1. The van der Waals surface area contributed by atoms with Gasteiger partial charge in [-0.15, -0.1) is 0 Å². The summed E-state index contributed by atoms with van der Waals surface area (Å²) in [7, 11) is 0. The molecule has 0 bridgehead atoms. The van der Waals surface area contributed by atoms with Gasteiger partial charge in [-0.2, -0.15) is 4.98 Å². The van der Waals surface area contributed by atoms with E-state index in [2.05, 4.69) is 22.4 Å². The standard InChI is InChI=1S/C9H15N3O/c1-3-7-11-8(13-12-7)9(2)4-5-10-6-9/h10H,3-6H2,1-2H3. The first-order valence-corrected chi connectivity index (χ1v) is 4.78. The van der Waals surface area contributed by atoms with Crippen molar-refractivity contribution in [3.8, 4) is 0 Å². The number of nitrogens with one attached hydrogen (secondary N) is 1. The second kappa shape index (κ2) is 3.10. The molecule has 0 spiro atoms. The van der Waals surface area contributed by atoms with Gasteiger partial charge in [0.25, 0.3) is 0 Å². The predicted octanol–water partition coefficient (Wildman–Crippen LogP) is 0.883. The number of hydrogen-bond donors (Lipinski definition) is 1. The lowest BCUT2D eigenvalue weighted by Gasteiger charge is -2.15. The van der Waals surface area contributed by atoms with Gasteiger partial charge in [-0.05, 0) is 19.9 Å². The van der Waals surface area contributed by atoms with Crippen molar-refractivity contribution in [1.82, 2.24) is 15.5 Å². The Labute approximate surface area is 77.7 Å². The van der Waals surface area contributed by atoms with Gasteiger partial charge < -0.3 is 9.84 Å². The second-order valence-corrected chi connectivity index (χ2v) is 3.86. The van der Waals surface area contributed by atoms with E-state index in [1.54, 1.807) is 0 Å². The molecule has 0 radical (unpaired) electrons. The summed E-state index contributed by atoms with van der Waals surface area (Å²) in [5, 5.41) is 7.22. The van der Waals surface area contributed by atoms with E-state index in [1.165, 1.54) is 0 Å². The van der Waals surface area contributed by atoms with Crippen molar-refractivity contribution in [3.63, 3.8) is 0 Å². The molecule has 4 heteroatoms. The Bertz CT molecular complexity index is 289. The molecule has 1 fully saturated rings. The Kier molecular flexibility index (Phi) is 2.07. The van der Waals surface area contributed by atoms with Crippen LogP contribution in [0.5, 0.6) is 0 Å². The van der Waals surface area contributed by atoms with Gasteiger partial charge in [0.2, 0.25) is 5.89 Å². The van der Waals surface area contributed by atoms with Crippen LogP contribution >= 0.6 is 0 Å². The maximum absolute atomic E-state index is 5.24. The third-order valence-electron chi connectivity index (χ3n) is 2.67. The number of aromatic nitrogens is 2. The molecular formula is C9H15N3O. The smallest absolute Gasteiger partial charge is 0.233 e. The van der Waals surface area contributed by atoms with Crippen LogP contribution in [0.15, 0.2) is 4.52 Å². The summed E-state index contributed by atoms with van der Waals surface area (Å²) in [4.78, 5) is 4.36. The highest BCUT2D eigenvalue weighted by Crippen LogP contribution is 2.28. The van der Waals surface area contributed by atoms with E-state index < -0.39 is 0 Å². The van der Waals surface area contributed by atoms with E-state index in [9.17, 15) is 0 Å². The molecule has 0 aromatic carbocycles. The van der Waals surface area contributed by atoms with Gasteiger partial charge in [-0.25, -0.2) is 0 Å². The molecule has 1 aromatic heterocycles. The molecule has 1 atom stereocenters. The fraction of sp³-hybridized carbons (Fsp3) is 0.778. The van der Waals surface area contributed by atoms with E-state index in [0.29, 0.717) is 0 Å². The first-order chi connectivity index (χ1) is 6.24. The normalized spacial score (nSPS) is 28.2. The average molecular weight is 181 g/mol. The molecule has 1 aliphatic rings. The van der Waals surface area contributed by atoms with Gasteiger partial charge in [0, 0.05) is 13.0 Å². The van der Waals surface area contributed by atoms with E-state index in [4.69, 9.17) is 4.52 Å². The van der Waals surface area contributed by atoms with Gasteiger partial charge in [0.05, 0.1) is 5.41 Å². The summed E-state index contributed by atoms with van der Waals surface area (Å²) < 4.78 is 5.24. The van der Waals surface area contributed by atoms with Gasteiger partial charge in [0.15, 0.2) is 5.82 Å². The molecule has 1 N–H and O–H groups in total. The summed E-state index contributed by atoms with van der Waals surface area (Å²) in [5.74, 6) is 1.59. The number of hydrogen-bond acceptors (Lipinski definition) is 4. The molecule has 2 rings (SSSR count). The Morgan fingerprint density at radius 1 is 1.62 bits per heavy atom. The summed E-state index contributed by atoms with van der Waals surface area (Å²) >= 11 is 0. The Hall–Kier alpha value is -0.900. The monoisotopic (exact) mass is 181 g/mol. The van der Waals surface area contributed by atoms with E-state index in [-0.39, 0.29) is 5.41 Å². The van der Waals surface area contributed by atoms with Crippen LogP contribution in [-0.2, 0) is 11.8 Å². The Morgan fingerprint density at radius 2 is 2.46 bits per heavy atom. The molecule has 2 heterocycles. The Balaban J connectivity index is 2.23. The molecule has 1 aromatic rings. The minimum Gasteiger partial charge on any atom is -0.339 e. The van der Waals surface area contributed by atoms with Crippen molar-refractivity contribution in [1.29, 1.82) is 0 Å². The molecule has 4 nitrogen and oxygen atoms in total. The minimum absolute atomic E-state index is 0.0560. The van der Waals surface area contributed by atoms with Crippen molar-refractivity contribution in [2.45, 2.75) is 32.1 Å². The first kappa shape index (κ1) is 8.69. The maximum atomic E-state index is 5.24. The van der Waals surface area contributed by atoms with Gasteiger partial charge in [-0.3, -0.25) is 0 Å². The fourth-order valence-electron chi connectivity index (χ4n) is 1.64. The number of aryl methyl sites for hydroxylation is 1. The van der Waals surface area contributed by atoms with E-state index in [0.717, 1.165) is 37.6 Å². The van der Waals surface area contributed by atoms with Gasteiger partial charge >= 0.3 is 0 Å². The van der Waals surface area contributed by atoms with Crippen molar-refractivity contribution in [2.24, 2.45) is 0 Å². The highest BCUT2D eigenvalue weighted by Gasteiger charge is 2.35. The third-order valence-corrected chi connectivity index (χ3v) is 2.67. The fourth-order valence-corrected chi connectivity index (χ4v) is 1.64. The van der Waals surface area contributed by atoms with Crippen molar-refractivity contribution in [2.75, 3.05) is 13.1 Å². The number of nitrogens with zero attached hydrogens (tertiary/aromatic N) is 2. The number of rotatable bonds is 2. The summed E-state index contributed by atoms with van der Waals surface area (Å²) in [6.07, 6.45) is 1.92. The summed E-state index contributed by atoms with van der Waals surface area (Å²) in [5.41, 5.74) is 0.0560. The molecule has 0 aliphatic carbocycles. The van der Waals surface area contributed by atoms with Crippen LogP contribution in [0, 0.1) is 0 Å². The van der Waals surface area contributed by atoms with E-state index in [1.807, 2.05) is 6.92 Å². The summed E-state index contributed by atoms with van der Waals surface area (Å²) in [6, 6.07) is 0. The lowest BCUT2D eigenvalue weighted by molar-refractivity contribution is 0.304. The summed E-state index contributed by atoms with van der Waals surface area (Å²) in [6.45, 7) is 6.18. The van der Waals surface area contributed by atoms with Crippen LogP contribution in [0.25, 0.3) is 0 Å². The zero-order valence-electron chi connectivity index (χ0n) is 8.13. The zero-order chi connectivity index (χ0) is 9.31. The minimum atomic E-state index is 0.0560.